The Morgan fingerprint density at radius 2 is 1.95 bits per heavy atom. The highest BCUT2D eigenvalue weighted by molar-refractivity contribution is 7.88. The minimum absolute atomic E-state index is 0.183. The van der Waals surface area contributed by atoms with Crippen LogP contribution >= 0.6 is 0 Å². The molecule has 2 rings (SSSR count). The van der Waals surface area contributed by atoms with Gasteiger partial charge in [-0.05, 0) is 24.8 Å². The molecule has 1 unspecified atom stereocenters. The minimum atomic E-state index is -3.58. The second-order valence-corrected chi connectivity index (χ2v) is 7.11. The molecule has 1 aliphatic carbocycles. The summed E-state index contributed by atoms with van der Waals surface area (Å²) in [5.41, 5.74) is 5.86. The van der Waals surface area contributed by atoms with Crippen LogP contribution in [0.15, 0.2) is 24.3 Å². The van der Waals surface area contributed by atoms with Gasteiger partial charge < -0.3 is 5.73 Å². The van der Waals surface area contributed by atoms with Gasteiger partial charge in [0.05, 0.1) is 5.75 Å². The monoisotopic (exact) mass is 300 g/mol. The third-order valence-corrected chi connectivity index (χ3v) is 5.21. The highest BCUT2D eigenvalue weighted by atomic mass is 32.2. The third-order valence-electron chi connectivity index (χ3n) is 3.86. The number of nitrogens with one attached hydrogen (secondary N) is 1. The van der Waals surface area contributed by atoms with Crippen molar-refractivity contribution in [1.82, 2.24) is 4.72 Å². The molecule has 4 nitrogen and oxygen atoms in total. The second-order valence-electron chi connectivity index (χ2n) is 5.36. The first kappa shape index (κ1) is 15.4. The maximum atomic E-state index is 13.5. The molecule has 0 radical (unpaired) electrons. The second kappa shape index (κ2) is 6.65. The molecule has 1 aliphatic rings. The molecule has 1 atom stereocenters. The van der Waals surface area contributed by atoms with Crippen molar-refractivity contribution in [3.05, 3.63) is 35.6 Å². The zero-order chi connectivity index (χ0) is 14.6. The third kappa shape index (κ3) is 4.01. The quantitative estimate of drug-likeness (QED) is 0.841. The maximum absolute atomic E-state index is 13.5. The van der Waals surface area contributed by atoms with Crippen LogP contribution in [0.4, 0.5) is 4.39 Å². The molecule has 20 heavy (non-hydrogen) atoms. The van der Waals surface area contributed by atoms with E-state index in [0.717, 1.165) is 25.7 Å². The average Bonchev–Trinajstić information content (AvgIpc) is 2.92. The van der Waals surface area contributed by atoms with E-state index < -0.39 is 15.8 Å². The summed E-state index contributed by atoms with van der Waals surface area (Å²) in [6.07, 6.45) is 4.25. The van der Waals surface area contributed by atoms with Gasteiger partial charge in [0.25, 0.3) is 0 Å². The van der Waals surface area contributed by atoms with E-state index in [2.05, 4.69) is 4.72 Å². The molecule has 1 saturated carbocycles. The lowest BCUT2D eigenvalue weighted by atomic mass is 9.99. The van der Waals surface area contributed by atoms with Crippen molar-refractivity contribution in [2.24, 2.45) is 11.7 Å². The number of sulfonamides is 1. The molecule has 0 spiro atoms. The van der Waals surface area contributed by atoms with Crippen molar-refractivity contribution < 1.29 is 12.8 Å². The van der Waals surface area contributed by atoms with Gasteiger partial charge in [-0.25, -0.2) is 17.5 Å². The van der Waals surface area contributed by atoms with Crippen LogP contribution in [0.2, 0.25) is 0 Å². The Hall–Kier alpha value is -0.980. The van der Waals surface area contributed by atoms with Crippen molar-refractivity contribution in [1.29, 1.82) is 0 Å². The van der Waals surface area contributed by atoms with E-state index in [0.29, 0.717) is 5.92 Å². The van der Waals surface area contributed by atoms with Gasteiger partial charge >= 0.3 is 0 Å². The molecular formula is C14H21FN2O2S. The van der Waals surface area contributed by atoms with E-state index in [9.17, 15) is 12.8 Å². The average molecular weight is 300 g/mol. The van der Waals surface area contributed by atoms with Crippen molar-refractivity contribution in [2.45, 2.75) is 37.5 Å². The lowest BCUT2D eigenvalue weighted by Crippen LogP contribution is -2.45. The molecule has 0 aromatic heterocycles. The van der Waals surface area contributed by atoms with Crippen LogP contribution in [-0.4, -0.2) is 21.0 Å². The Morgan fingerprint density at radius 3 is 2.55 bits per heavy atom. The van der Waals surface area contributed by atoms with Gasteiger partial charge in [-0.2, -0.15) is 0 Å². The van der Waals surface area contributed by atoms with Gasteiger partial charge in [-0.3, -0.25) is 0 Å². The molecule has 1 aromatic rings. The summed E-state index contributed by atoms with van der Waals surface area (Å²) in [5, 5.41) is 0. The molecular weight excluding hydrogens is 279 g/mol. The largest absolute Gasteiger partial charge is 0.329 e. The Bertz CT molecular complexity index is 542. The summed E-state index contributed by atoms with van der Waals surface area (Å²) in [6, 6.07) is 5.68. The molecule has 0 heterocycles. The fourth-order valence-corrected chi connectivity index (χ4v) is 4.27. The normalized spacial score (nSPS) is 18.3. The van der Waals surface area contributed by atoms with E-state index in [-0.39, 0.29) is 23.9 Å². The highest BCUT2D eigenvalue weighted by Crippen LogP contribution is 2.27. The summed E-state index contributed by atoms with van der Waals surface area (Å²) >= 11 is 0. The van der Waals surface area contributed by atoms with Gasteiger partial charge in [0.2, 0.25) is 10.0 Å². The predicted molar refractivity (Wildman–Crippen MR) is 77.0 cm³/mol. The fourth-order valence-electron chi connectivity index (χ4n) is 2.79. The first-order valence-corrected chi connectivity index (χ1v) is 8.60. The Labute approximate surface area is 119 Å². The van der Waals surface area contributed by atoms with Gasteiger partial charge in [-0.15, -0.1) is 0 Å². The smallest absolute Gasteiger partial charge is 0.216 e. The topological polar surface area (TPSA) is 72.2 Å². The molecule has 3 N–H and O–H groups in total. The van der Waals surface area contributed by atoms with Crippen molar-refractivity contribution >= 4 is 10.0 Å². The van der Waals surface area contributed by atoms with E-state index in [1.54, 1.807) is 12.1 Å². The van der Waals surface area contributed by atoms with Crippen molar-refractivity contribution in [3.8, 4) is 0 Å². The molecule has 112 valence electrons. The number of benzene rings is 1. The number of nitrogens with two attached hydrogens (primary N) is 1. The van der Waals surface area contributed by atoms with Crippen LogP contribution in [0.1, 0.15) is 31.2 Å². The molecule has 0 bridgehead atoms. The molecule has 0 amide bonds. The van der Waals surface area contributed by atoms with Gasteiger partial charge in [0, 0.05) is 18.2 Å². The van der Waals surface area contributed by atoms with E-state index >= 15 is 0 Å². The maximum Gasteiger partial charge on any atom is 0.216 e. The van der Waals surface area contributed by atoms with Gasteiger partial charge in [0.15, 0.2) is 0 Å². The number of hydrogen-bond acceptors (Lipinski definition) is 3. The lowest BCUT2D eigenvalue weighted by molar-refractivity contribution is 0.405. The Morgan fingerprint density at radius 1 is 1.30 bits per heavy atom. The van der Waals surface area contributed by atoms with Crippen molar-refractivity contribution in [3.63, 3.8) is 0 Å². The first-order chi connectivity index (χ1) is 9.52. The lowest BCUT2D eigenvalue weighted by Gasteiger charge is -2.23. The number of halogens is 1. The minimum Gasteiger partial charge on any atom is -0.329 e. The SMILES string of the molecule is NCC(NS(=O)(=O)Cc1ccccc1F)C1CCCC1. The first-order valence-electron chi connectivity index (χ1n) is 6.95. The molecule has 1 aromatic carbocycles. The zero-order valence-corrected chi connectivity index (χ0v) is 12.2. The summed E-state index contributed by atoms with van der Waals surface area (Å²) in [4.78, 5) is 0. The van der Waals surface area contributed by atoms with E-state index in [4.69, 9.17) is 5.73 Å². The van der Waals surface area contributed by atoms with Crippen LogP contribution in [0.3, 0.4) is 0 Å². The van der Waals surface area contributed by atoms with Gasteiger partial charge in [-0.1, -0.05) is 31.0 Å². The van der Waals surface area contributed by atoms with Crippen LogP contribution in [0.25, 0.3) is 0 Å². The highest BCUT2D eigenvalue weighted by Gasteiger charge is 2.27. The number of rotatable bonds is 6. The predicted octanol–water partition coefficient (Wildman–Crippen LogP) is 1.76. The molecule has 0 aliphatic heterocycles. The Kier molecular flexibility index (Phi) is 5.12. The summed E-state index contributed by atoms with van der Waals surface area (Å²) < 4.78 is 40.5. The summed E-state index contributed by atoms with van der Waals surface area (Å²) in [5.74, 6) is -0.540. The van der Waals surface area contributed by atoms with Crippen molar-refractivity contribution in [2.75, 3.05) is 6.54 Å². The van der Waals surface area contributed by atoms with Crippen LogP contribution in [-0.2, 0) is 15.8 Å². The molecule has 1 fully saturated rings. The Balaban J connectivity index is 2.04. The van der Waals surface area contributed by atoms with E-state index in [1.165, 1.54) is 12.1 Å². The standard InChI is InChI=1S/C14H21FN2O2S/c15-13-8-4-3-7-12(13)10-20(18,19)17-14(9-16)11-5-1-2-6-11/h3-4,7-8,11,14,17H,1-2,5-6,9-10,16H2. The summed E-state index contributed by atoms with van der Waals surface area (Å²) in [7, 11) is -3.58. The molecule has 0 saturated heterocycles. The van der Waals surface area contributed by atoms with Crippen LogP contribution < -0.4 is 10.5 Å². The summed E-state index contributed by atoms with van der Waals surface area (Å²) in [6.45, 7) is 0.279. The van der Waals surface area contributed by atoms with Crippen LogP contribution in [0.5, 0.6) is 0 Å². The number of hydrogen-bond donors (Lipinski definition) is 2. The van der Waals surface area contributed by atoms with Gasteiger partial charge in [0.1, 0.15) is 5.82 Å². The van der Waals surface area contributed by atoms with Crippen LogP contribution in [0, 0.1) is 11.7 Å². The fraction of sp³-hybridized carbons (Fsp3) is 0.571. The zero-order valence-electron chi connectivity index (χ0n) is 11.4. The van der Waals surface area contributed by atoms with E-state index in [1.807, 2.05) is 0 Å². The molecule has 6 heteroatoms.